The lowest BCUT2D eigenvalue weighted by atomic mass is 10.2. The molecule has 3 N–H and O–H groups in total. The number of aliphatic hydroxyl groups is 2. The molecule has 102 valence electrons. The Morgan fingerprint density at radius 3 is 2.89 bits per heavy atom. The Hall–Kier alpha value is -1.37. The molecule has 6 heteroatoms. The van der Waals surface area contributed by atoms with Crippen molar-refractivity contribution >= 4 is 22.7 Å². The average molecular weight is 280 g/mol. The number of thioether (sulfide) groups is 1. The van der Waals surface area contributed by atoms with Crippen LogP contribution in [0.25, 0.3) is 10.9 Å². The van der Waals surface area contributed by atoms with Gasteiger partial charge in [0.05, 0.1) is 28.9 Å². The van der Waals surface area contributed by atoms with Crippen LogP contribution >= 0.6 is 11.8 Å². The van der Waals surface area contributed by atoms with Crippen molar-refractivity contribution in [1.82, 2.24) is 9.97 Å². The van der Waals surface area contributed by atoms with E-state index in [-0.39, 0.29) is 17.4 Å². The van der Waals surface area contributed by atoms with Crippen LogP contribution in [-0.2, 0) is 0 Å². The summed E-state index contributed by atoms with van der Waals surface area (Å²) >= 11 is 1.44. The molecule has 2 rings (SSSR count). The van der Waals surface area contributed by atoms with Crippen molar-refractivity contribution in [2.24, 2.45) is 0 Å². The third-order valence-electron chi connectivity index (χ3n) is 2.77. The van der Waals surface area contributed by atoms with Gasteiger partial charge in [0, 0.05) is 5.75 Å². The average Bonchev–Trinajstić information content (AvgIpc) is 2.44. The van der Waals surface area contributed by atoms with Gasteiger partial charge in [0.1, 0.15) is 5.82 Å². The molecule has 1 aromatic heterocycles. The van der Waals surface area contributed by atoms with Crippen LogP contribution in [0, 0.1) is 0 Å². The lowest BCUT2D eigenvalue weighted by Gasteiger charge is -2.13. The number of H-pyrrole nitrogens is 1. The van der Waals surface area contributed by atoms with Gasteiger partial charge in [-0.1, -0.05) is 12.1 Å². The van der Waals surface area contributed by atoms with E-state index >= 15 is 0 Å². The summed E-state index contributed by atoms with van der Waals surface area (Å²) < 4.78 is 0. The number of aromatic amines is 1. The summed E-state index contributed by atoms with van der Waals surface area (Å²) in [5.74, 6) is 0.979. The fourth-order valence-electron chi connectivity index (χ4n) is 1.68. The highest BCUT2D eigenvalue weighted by Gasteiger charge is 2.13. The predicted molar refractivity (Wildman–Crippen MR) is 76.3 cm³/mol. The Balaban J connectivity index is 2.23. The van der Waals surface area contributed by atoms with Gasteiger partial charge in [0.2, 0.25) is 0 Å². The van der Waals surface area contributed by atoms with E-state index in [0.717, 1.165) is 0 Å². The Morgan fingerprint density at radius 1 is 1.42 bits per heavy atom. The fraction of sp³-hybridized carbons (Fsp3) is 0.385. The zero-order valence-corrected chi connectivity index (χ0v) is 11.4. The van der Waals surface area contributed by atoms with Crippen LogP contribution in [0.5, 0.6) is 0 Å². The molecule has 19 heavy (non-hydrogen) atoms. The maximum Gasteiger partial charge on any atom is 0.258 e. The molecule has 1 heterocycles. The minimum Gasteiger partial charge on any atom is -0.394 e. The van der Waals surface area contributed by atoms with Crippen molar-refractivity contribution in [3.8, 4) is 0 Å². The summed E-state index contributed by atoms with van der Waals surface area (Å²) in [7, 11) is 0. The number of benzene rings is 1. The van der Waals surface area contributed by atoms with Gasteiger partial charge in [-0.3, -0.25) is 4.79 Å². The van der Waals surface area contributed by atoms with Gasteiger partial charge in [-0.25, -0.2) is 4.98 Å². The lowest BCUT2D eigenvalue weighted by Crippen LogP contribution is -2.17. The van der Waals surface area contributed by atoms with Crippen molar-refractivity contribution in [2.45, 2.75) is 18.3 Å². The number of aromatic nitrogens is 2. The van der Waals surface area contributed by atoms with Crippen LogP contribution in [0.3, 0.4) is 0 Å². The predicted octanol–water partition coefficient (Wildman–Crippen LogP) is 1.07. The quantitative estimate of drug-likeness (QED) is 0.762. The number of para-hydroxylation sites is 1. The van der Waals surface area contributed by atoms with E-state index in [2.05, 4.69) is 9.97 Å². The van der Waals surface area contributed by atoms with Gasteiger partial charge in [0.25, 0.3) is 5.56 Å². The first-order chi connectivity index (χ1) is 9.11. The van der Waals surface area contributed by atoms with Crippen LogP contribution in [0.4, 0.5) is 0 Å². The highest BCUT2D eigenvalue weighted by molar-refractivity contribution is 7.99. The molecule has 0 aliphatic carbocycles. The molecule has 2 aromatic rings. The van der Waals surface area contributed by atoms with Crippen LogP contribution in [0.1, 0.15) is 18.0 Å². The molecular weight excluding hydrogens is 264 g/mol. The summed E-state index contributed by atoms with van der Waals surface area (Å²) in [6, 6.07) is 7.17. The van der Waals surface area contributed by atoms with Crippen molar-refractivity contribution in [1.29, 1.82) is 0 Å². The van der Waals surface area contributed by atoms with Gasteiger partial charge < -0.3 is 15.2 Å². The molecule has 0 aliphatic heterocycles. The van der Waals surface area contributed by atoms with Crippen molar-refractivity contribution in [2.75, 3.05) is 12.4 Å². The van der Waals surface area contributed by atoms with E-state index in [4.69, 9.17) is 5.11 Å². The second-order valence-corrected chi connectivity index (χ2v) is 5.65. The monoisotopic (exact) mass is 280 g/mol. The van der Waals surface area contributed by atoms with Crippen LogP contribution in [-0.4, -0.2) is 38.6 Å². The number of rotatable bonds is 5. The highest BCUT2D eigenvalue weighted by Crippen LogP contribution is 2.26. The van der Waals surface area contributed by atoms with Gasteiger partial charge >= 0.3 is 0 Å². The minimum absolute atomic E-state index is 0.0569. The fourth-order valence-corrected chi connectivity index (χ4v) is 2.57. The summed E-state index contributed by atoms with van der Waals surface area (Å²) in [5.41, 5.74) is 0.507. The van der Waals surface area contributed by atoms with E-state index in [0.29, 0.717) is 22.5 Å². The molecule has 0 bridgehead atoms. The van der Waals surface area contributed by atoms with Crippen LogP contribution in [0.15, 0.2) is 29.1 Å². The topological polar surface area (TPSA) is 86.2 Å². The normalized spacial score (nSPS) is 14.5. The second-order valence-electron chi connectivity index (χ2n) is 4.28. The Morgan fingerprint density at radius 2 is 2.16 bits per heavy atom. The molecule has 0 saturated carbocycles. The Kier molecular flexibility index (Phi) is 4.57. The summed E-state index contributed by atoms with van der Waals surface area (Å²) in [6.45, 7) is 1.64. The first-order valence-corrected chi connectivity index (χ1v) is 7.06. The van der Waals surface area contributed by atoms with Gasteiger partial charge in [0.15, 0.2) is 0 Å². The molecule has 1 aromatic carbocycles. The number of nitrogens with one attached hydrogen (secondary N) is 1. The SMILES string of the molecule is C[C@@H](SC[C@H](O)CO)c1nc2ccccc2c(=O)[nH]1. The molecular formula is C13H16N2O3S. The van der Waals surface area contributed by atoms with Gasteiger partial charge in [-0.2, -0.15) is 0 Å². The lowest BCUT2D eigenvalue weighted by molar-refractivity contribution is 0.113. The molecule has 0 saturated heterocycles. The first-order valence-electron chi connectivity index (χ1n) is 6.01. The van der Waals surface area contributed by atoms with E-state index in [1.54, 1.807) is 18.2 Å². The molecule has 0 amide bonds. The number of hydrogen-bond acceptors (Lipinski definition) is 5. The number of aliphatic hydroxyl groups excluding tert-OH is 2. The zero-order valence-electron chi connectivity index (χ0n) is 10.5. The molecule has 0 spiro atoms. The second kappa shape index (κ2) is 6.18. The van der Waals surface area contributed by atoms with Crippen LogP contribution in [0.2, 0.25) is 0 Å². The van der Waals surface area contributed by atoms with Gasteiger partial charge in [-0.05, 0) is 19.1 Å². The maximum atomic E-state index is 11.9. The smallest absolute Gasteiger partial charge is 0.258 e. The number of nitrogens with zero attached hydrogens (tertiary/aromatic N) is 1. The Labute approximate surface area is 114 Å². The molecule has 0 unspecified atom stereocenters. The maximum absolute atomic E-state index is 11.9. The summed E-state index contributed by atoms with van der Waals surface area (Å²) in [6.07, 6.45) is -0.750. The molecule has 0 fully saturated rings. The molecule has 0 aliphatic rings. The largest absolute Gasteiger partial charge is 0.394 e. The summed E-state index contributed by atoms with van der Waals surface area (Å²) in [4.78, 5) is 19.1. The van der Waals surface area contributed by atoms with Crippen molar-refractivity contribution in [3.05, 3.63) is 40.4 Å². The van der Waals surface area contributed by atoms with E-state index in [1.165, 1.54) is 11.8 Å². The van der Waals surface area contributed by atoms with Gasteiger partial charge in [-0.15, -0.1) is 11.8 Å². The number of fused-ring (bicyclic) bond motifs is 1. The van der Waals surface area contributed by atoms with Crippen molar-refractivity contribution in [3.63, 3.8) is 0 Å². The number of hydrogen-bond donors (Lipinski definition) is 3. The third kappa shape index (κ3) is 3.34. The van der Waals surface area contributed by atoms with E-state index < -0.39 is 6.10 Å². The zero-order chi connectivity index (χ0) is 13.8. The minimum atomic E-state index is -0.750. The molecule has 0 radical (unpaired) electrons. The van der Waals surface area contributed by atoms with Crippen LogP contribution < -0.4 is 5.56 Å². The van der Waals surface area contributed by atoms with E-state index in [9.17, 15) is 9.90 Å². The third-order valence-corrected chi connectivity index (χ3v) is 4.07. The van der Waals surface area contributed by atoms with Crippen molar-refractivity contribution < 1.29 is 10.2 Å². The Bertz CT molecular complexity index is 614. The first kappa shape index (κ1) is 14.0. The highest BCUT2D eigenvalue weighted by atomic mass is 32.2. The molecule has 2 atom stereocenters. The van der Waals surface area contributed by atoms with E-state index in [1.807, 2.05) is 13.0 Å². The summed E-state index contributed by atoms with van der Waals surface area (Å²) in [5, 5.41) is 18.6. The standard InChI is InChI=1S/C13H16N2O3S/c1-8(19-7-9(17)6-16)12-14-11-5-3-2-4-10(11)13(18)15-12/h2-5,8-9,16-17H,6-7H2,1H3,(H,14,15,18)/t8-,9-/m1/s1. The molecule has 5 nitrogen and oxygen atoms in total.